The monoisotopic (exact) mass is 304 g/mol. The van der Waals surface area contributed by atoms with Crippen molar-refractivity contribution in [2.75, 3.05) is 6.54 Å². The third kappa shape index (κ3) is 2.68. The molecule has 0 aromatic heterocycles. The summed E-state index contributed by atoms with van der Waals surface area (Å²) in [5.41, 5.74) is 6.64. The largest absolute Gasteiger partial charge is 0.479 e. The molecule has 2 unspecified atom stereocenters. The van der Waals surface area contributed by atoms with Gasteiger partial charge < -0.3 is 10.2 Å². The standard InChI is InChI=1S/C14H16N4O4/c1-13(16-17-15)8-14(11(19)20,18(9-13)12(21)22)7-10-5-3-2-4-6-10/h2-6H,7-9H2,1H3,(H,19,20)(H,21,22). The lowest BCUT2D eigenvalue weighted by molar-refractivity contribution is -0.148. The summed E-state index contributed by atoms with van der Waals surface area (Å²) in [7, 11) is 0. The summed E-state index contributed by atoms with van der Waals surface area (Å²) in [5.74, 6) is -1.24. The number of carboxylic acid groups (broad SMARTS) is 2. The first-order valence-corrected chi connectivity index (χ1v) is 6.67. The number of nitrogens with zero attached hydrogens (tertiary/aromatic N) is 4. The van der Waals surface area contributed by atoms with Crippen LogP contribution in [0.3, 0.4) is 0 Å². The Bertz CT molecular complexity index is 644. The fourth-order valence-corrected chi connectivity index (χ4v) is 3.06. The highest BCUT2D eigenvalue weighted by Gasteiger charge is 2.58. The Morgan fingerprint density at radius 2 is 2.00 bits per heavy atom. The van der Waals surface area contributed by atoms with Crippen LogP contribution < -0.4 is 0 Å². The molecule has 1 saturated heterocycles. The topological polar surface area (TPSA) is 127 Å². The van der Waals surface area contributed by atoms with Crippen LogP contribution in [0.2, 0.25) is 0 Å². The lowest BCUT2D eigenvalue weighted by Crippen LogP contribution is -2.54. The van der Waals surface area contributed by atoms with E-state index in [-0.39, 0.29) is 19.4 Å². The van der Waals surface area contributed by atoms with Crippen LogP contribution in [0.4, 0.5) is 4.79 Å². The van der Waals surface area contributed by atoms with Crippen molar-refractivity contribution in [1.29, 1.82) is 0 Å². The third-order valence-corrected chi connectivity index (χ3v) is 3.94. The first-order chi connectivity index (χ1) is 10.3. The van der Waals surface area contributed by atoms with Gasteiger partial charge in [-0.05, 0) is 17.5 Å². The lowest BCUT2D eigenvalue weighted by atomic mass is 9.84. The van der Waals surface area contributed by atoms with Crippen molar-refractivity contribution >= 4 is 12.1 Å². The number of carbonyl (C=O) groups is 2. The normalized spacial score (nSPS) is 27.2. The van der Waals surface area contributed by atoms with Gasteiger partial charge in [-0.3, -0.25) is 4.90 Å². The number of hydrogen-bond acceptors (Lipinski definition) is 3. The highest BCUT2D eigenvalue weighted by Crippen LogP contribution is 2.41. The Kier molecular flexibility index (Phi) is 3.97. The summed E-state index contributed by atoms with van der Waals surface area (Å²) >= 11 is 0. The van der Waals surface area contributed by atoms with Gasteiger partial charge in [-0.2, -0.15) is 0 Å². The zero-order valence-electron chi connectivity index (χ0n) is 12.0. The number of rotatable bonds is 4. The van der Waals surface area contributed by atoms with E-state index in [0.29, 0.717) is 5.56 Å². The molecule has 0 spiro atoms. The summed E-state index contributed by atoms with van der Waals surface area (Å²) in [6.07, 6.45) is -1.39. The van der Waals surface area contributed by atoms with E-state index in [2.05, 4.69) is 10.0 Å². The van der Waals surface area contributed by atoms with Crippen molar-refractivity contribution < 1.29 is 19.8 Å². The molecule has 1 amide bonds. The van der Waals surface area contributed by atoms with Gasteiger partial charge in [-0.1, -0.05) is 42.4 Å². The van der Waals surface area contributed by atoms with Crippen molar-refractivity contribution in [3.63, 3.8) is 0 Å². The Morgan fingerprint density at radius 3 is 2.50 bits per heavy atom. The summed E-state index contributed by atoms with van der Waals surface area (Å²) in [5, 5.41) is 22.7. The van der Waals surface area contributed by atoms with Gasteiger partial charge in [0.15, 0.2) is 0 Å². The summed E-state index contributed by atoms with van der Waals surface area (Å²) in [6, 6.07) is 8.81. The Morgan fingerprint density at radius 1 is 1.36 bits per heavy atom. The van der Waals surface area contributed by atoms with Gasteiger partial charge in [0.2, 0.25) is 0 Å². The van der Waals surface area contributed by atoms with Gasteiger partial charge in [0.05, 0.1) is 5.54 Å². The van der Waals surface area contributed by atoms with E-state index in [1.165, 1.54) is 0 Å². The molecule has 0 radical (unpaired) electrons. The zero-order chi connectivity index (χ0) is 16.4. The highest BCUT2D eigenvalue weighted by molar-refractivity contribution is 5.85. The van der Waals surface area contributed by atoms with Crippen LogP contribution >= 0.6 is 0 Å². The summed E-state index contributed by atoms with van der Waals surface area (Å²) < 4.78 is 0. The number of benzene rings is 1. The molecule has 2 N–H and O–H groups in total. The van der Waals surface area contributed by atoms with E-state index in [9.17, 15) is 19.8 Å². The maximum atomic E-state index is 11.9. The van der Waals surface area contributed by atoms with Crippen molar-refractivity contribution in [3.8, 4) is 0 Å². The van der Waals surface area contributed by atoms with Crippen LogP contribution in [-0.2, 0) is 11.2 Å². The highest BCUT2D eigenvalue weighted by atomic mass is 16.4. The quantitative estimate of drug-likeness (QED) is 0.503. The maximum absolute atomic E-state index is 11.9. The molecule has 1 aromatic carbocycles. The SMILES string of the molecule is CC1(N=[N+]=[N-])CN(C(=O)O)C(Cc2ccccc2)(C(=O)O)C1. The number of carboxylic acids is 1. The molecule has 1 heterocycles. The fourth-order valence-electron chi connectivity index (χ4n) is 3.06. The zero-order valence-corrected chi connectivity index (χ0v) is 12.0. The van der Waals surface area contributed by atoms with Gasteiger partial charge >= 0.3 is 12.1 Å². The molecule has 8 heteroatoms. The second-order valence-electron chi connectivity index (χ2n) is 5.73. The first-order valence-electron chi connectivity index (χ1n) is 6.67. The molecule has 1 aliphatic heterocycles. The minimum Gasteiger partial charge on any atom is -0.479 e. The molecule has 0 aliphatic carbocycles. The van der Waals surface area contributed by atoms with Crippen molar-refractivity contribution in [2.45, 2.75) is 30.8 Å². The van der Waals surface area contributed by atoms with Crippen molar-refractivity contribution in [2.24, 2.45) is 5.11 Å². The number of hydrogen-bond donors (Lipinski definition) is 2. The Labute approximate surface area is 126 Å². The van der Waals surface area contributed by atoms with Gasteiger partial charge in [0.25, 0.3) is 0 Å². The number of azide groups is 1. The average Bonchev–Trinajstić information content (AvgIpc) is 2.75. The predicted octanol–water partition coefficient (Wildman–Crippen LogP) is 2.51. The third-order valence-electron chi connectivity index (χ3n) is 3.94. The van der Waals surface area contributed by atoms with Crippen LogP contribution in [0.1, 0.15) is 18.9 Å². The van der Waals surface area contributed by atoms with Gasteiger partial charge in [0.1, 0.15) is 5.54 Å². The summed E-state index contributed by atoms with van der Waals surface area (Å²) in [4.78, 5) is 27.0. The van der Waals surface area contributed by atoms with Crippen LogP contribution in [-0.4, -0.2) is 44.8 Å². The minimum absolute atomic E-state index is 0.0199. The number of amides is 1. The Hall–Kier alpha value is -2.73. The number of likely N-dealkylation sites (tertiary alicyclic amines) is 1. The molecule has 2 atom stereocenters. The molecule has 1 aliphatic rings. The molecule has 22 heavy (non-hydrogen) atoms. The van der Waals surface area contributed by atoms with Crippen LogP contribution in [0.25, 0.3) is 10.4 Å². The van der Waals surface area contributed by atoms with Gasteiger partial charge in [0, 0.05) is 17.9 Å². The Balaban J connectivity index is 2.48. The minimum atomic E-state index is -1.64. The fraction of sp³-hybridized carbons (Fsp3) is 0.429. The second kappa shape index (κ2) is 5.57. The lowest BCUT2D eigenvalue weighted by Gasteiger charge is -2.32. The maximum Gasteiger partial charge on any atom is 0.408 e. The first kappa shape index (κ1) is 15.7. The van der Waals surface area contributed by atoms with Crippen molar-refractivity contribution in [3.05, 3.63) is 46.3 Å². The summed E-state index contributed by atoms with van der Waals surface area (Å²) in [6.45, 7) is 1.42. The molecule has 0 bridgehead atoms. The van der Waals surface area contributed by atoms with Gasteiger partial charge in [-0.15, -0.1) is 0 Å². The molecular weight excluding hydrogens is 288 g/mol. The van der Waals surface area contributed by atoms with Crippen LogP contribution in [0, 0.1) is 0 Å². The second-order valence-corrected chi connectivity index (χ2v) is 5.73. The van der Waals surface area contributed by atoms with Crippen LogP contribution in [0.15, 0.2) is 35.4 Å². The van der Waals surface area contributed by atoms with E-state index in [0.717, 1.165) is 4.90 Å². The van der Waals surface area contributed by atoms with E-state index < -0.39 is 23.1 Å². The molecule has 0 saturated carbocycles. The van der Waals surface area contributed by atoms with Gasteiger partial charge in [-0.25, -0.2) is 9.59 Å². The van der Waals surface area contributed by atoms with Crippen molar-refractivity contribution in [1.82, 2.24) is 4.90 Å². The molecule has 1 aromatic rings. The smallest absolute Gasteiger partial charge is 0.408 e. The predicted molar refractivity (Wildman–Crippen MR) is 77.4 cm³/mol. The number of aliphatic carboxylic acids is 1. The van der Waals surface area contributed by atoms with E-state index in [4.69, 9.17) is 5.53 Å². The van der Waals surface area contributed by atoms with E-state index in [1.54, 1.807) is 37.3 Å². The average molecular weight is 304 g/mol. The van der Waals surface area contributed by atoms with E-state index in [1.807, 2.05) is 0 Å². The molecule has 116 valence electrons. The molecule has 2 rings (SSSR count). The molecule has 1 fully saturated rings. The van der Waals surface area contributed by atoms with Crippen LogP contribution in [0.5, 0.6) is 0 Å². The molecule has 8 nitrogen and oxygen atoms in total. The molecular formula is C14H16N4O4. The van der Waals surface area contributed by atoms with E-state index >= 15 is 0 Å².